The van der Waals surface area contributed by atoms with Crippen LogP contribution in [0.3, 0.4) is 0 Å². The fourth-order valence-electron chi connectivity index (χ4n) is 2.75. The Kier molecular flexibility index (Phi) is 9.56. The first kappa shape index (κ1) is 25.5. The van der Waals surface area contributed by atoms with Crippen LogP contribution < -0.4 is 0 Å². The maximum absolute atomic E-state index is 11.9. The Morgan fingerprint density at radius 2 is 1.18 bits per heavy atom. The molecule has 0 fully saturated rings. The first-order chi connectivity index (χ1) is 15.7. The van der Waals surface area contributed by atoms with Gasteiger partial charge in [0.2, 0.25) is 0 Å². The highest BCUT2D eigenvalue weighted by molar-refractivity contribution is 6.30. The molecular weight excluding hydrogens is 432 g/mol. The first-order valence-electron chi connectivity index (χ1n) is 10.2. The maximum Gasteiger partial charge on any atom is 0.449 e. The summed E-state index contributed by atoms with van der Waals surface area (Å²) in [6.07, 6.45) is -0.725. The van der Waals surface area contributed by atoms with E-state index in [1.54, 1.807) is 68.4 Å². The number of esters is 3. The van der Waals surface area contributed by atoms with E-state index >= 15 is 0 Å². The van der Waals surface area contributed by atoms with Crippen molar-refractivity contribution in [1.82, 2.24) is 0 Å². The number of carbonyl (C=O) groups is 4. The zero-order chi connectivity index (χ0) is 24.3. The second-order valence-electron chi connectivity index (χ2n) is 7.76. The summed E-state index contributed by atoms with van der Waals surface area (Å²) in [5.74, 6) is -4.82. The molecule has 9 nitrogen and oxygen atoms in total. The van der Waals surface area contributed by atoms with Crippen molar-refractivity contribution in [2.75, 3.05) is 0 Å². The Bertz CT molecular complexity index is 939. The molecule has 0 bridgehead atoms. The molecule has 9 heteroatoms. The first-order valence-corrected chi connectivity index (χ1v) is 10.2. The number of rotatable bonds is 9. The average molecular weight is 458 g/mol. The van der Waals surface area contributed by atoms with Crippen LogP contribution in [0.2, 0.25) is 0 Å². The third kappa shape index (κ3) is 9.53. The molecule has 176 valence electrons. The fraction of sp³-hybridized carbons (Fsp3) is 0.333. The van der Waals surface area contributed by atoms with Gasteiger partial charge in [0.15, 0.2) is 0 Å². The number of hydrogen-bond acceptors (Lipinski definition) is 9. The molecule has 2 aromatic carbocycles. The van der Waals surface area contributed by atoms with Crippen LogP contribution >= 0.6 is 0 Å². The molecule has 0 aliphatic carbocycles. The van der Waals surface area contributed by atoms with Crippen molar-refractivity contribution in [3.05, 3.63) is 71.8 Å². The van der Waals surface area contributed by atoms with E-state index in [9.17, 15) is 19.2 Å². The minimum absolute atomic E-state index is 0.0526. The molecule has 2 aromatic rings. The van der Waals surface area contributed by atoms with Crippen LogP contribution in [0, 0.1) is 0 Å². The van der Waals surface area contributed by atoms with Gasteiger partial charge in [-0.15, -0.1) is 0 Å². The lowest BCUT2D eigenvalue weighted by molar-refractivity contribution is -0.327. The van der Waals surface area contributed by atoms with Gasteiger partial charge in [-0.2, -0.15) is 4.89 Å². The minimum Gasteiger partial charge on any atom is -0.454 e. The summed E-state index contributed by atoms with van der Waals surface area (Å²) in [6.45, 7) is 4.48. The summed E-state index contributed by atoms with van der Waals surface area (Å²) in [6, 6.07) is 17.7. The predicted octanol–water partition coefficient (Wildman–Crippen LogP) is 3.05. The van der Waals surface area contributed by atoms with Gasteiger partial charge in [-0.3, -0.25) is 4.89 Å². The lowest BCUT2D eigenvalue weighted by atomic mass is 10.0. The number of benzene rings is 2. The normalized spacial score (nSPS) is 11.7. The van der Waals surface area contributed by atoms with Crippen molar-refractivity contribution in [2.24, 2.45) is 0 Å². The Morgan fingerprint density at radius 3 is 1.67 bits per heavy atom. The van der Waals surface area contributed by atoms with E-state index in [0.717, 1.165) is 5.56 Å². The summed E-state index contributed by atoms with van der Waals surface area (Å²) in [5.41, 5.74) is 0.298. The monoisotopic (exact) mass is 458 g/mol. The lowest BCUT2D eigenvalue weighted by Crippen LogP contribution is -2.34. The van der Waals surface area contributed by atoms with E-state index in [2.05, 4.69) is 4.89 Å². The van der Waals surface area contributed by atoms with Gasteiger partial charge in [-0.1, -0.05) is 60.7 Å². The van der Waals surface area contributed by atoms with E-state index in [4.69, 9.17) is 19.1 Å². The molecular formula is C24H26O9. The van der Waals surface area contributed by atoms with Crippen molar-refractivity contribution >= 4 is 23.9 Å². The third-order valence-corrected chi connectivity index (χ3v) is 4.19. The van der Waals surface area contributed by atoms with Crippen LogP contribution in [0.25, 0.3) is 0 Å². The van der Waals surface area contributed by atoms with Crippen molar-refractivity contribution < 1.29 is 43.2 Å². The summed E-state index contributed by atoms with van der Waals surface area (Å²) in [7, 11) is 0. The van der Waals surface area contributed by atoms with Gasteiger partial charge in [0.05, 0.1) is 0 Å². The fourth-order valence-corrected chi connectivity index (χ4v) is 2.75. The van der Waals surface area contributed by atoms with Crippen LogP contribution in [0.5, 0.6) is 0 Å². The van der Waals surface area contributed by atoms with E-state index in [1.165, 1.54) is 6.92 Å². The van der Waals surface area contributed by atoms with E-state index in [1.807, 2.05) is 6.07 Å². The Hall–Kier alpha value is -3.72. The molecule has 0 aliphatic heterocycles. The van der Waals surface area contributed by atoms with Crippen molar-refractivity contribution in [2.45, 2.75) is 52.1 Å². The zero-order valence-corrected chi connectivity index (χ0v) is 18.6. The lowest BCUT2D eigenvalue weighted by Gasteiger charge is -2.25. The van der Waals surface area contributed by atoms with Gasteiger partial charge in [0.1, 0.15) is 24.9 Å². The molecule has 0 amide bonds. The summed E-state index contributed by atoms with van der Waals surface area (Å²) in [4.78, 5) is 56.8. The average Bonchev–Trinajstić information content (AvgIpc) is 2.80. The van der Waals surface area contributed by atoms with E-state index in [0.29, 0.717) is 5.56 Å². The van der Waals surface area contributed by atoms with Gasteiger partial charge in [-0.05, 0) is 31.9 Å². The molecule has 0 aromatic heterocycles. The summed E-state index contributed by atoms with van der Waals surface area (Å²) >= 11 is 0. The third-order valence-electron chi connectivity index (χ3n) is 4.19. The molecule has 0 spiro atoms. The molecule has 2 rings (SSSR count). The SMILES string of the molecule is CC(CC(C)(C)OOC(=O)C(=O)OCc1ccccc1)OC(=O)C(=O)OCc1ccccc1. The van der Waals surface area contributed by atoms with Crippen LogP contribution in [-0.2, 0) is 56.4 Å². The van der Waals surface area contributed by atoms with Crippen molar-refractivity contribution in [1.29, 1.82) is 0 Å². The highest BCUT2D eigenvalue weighted by Crippen LogP contribution is 2.19. The highest BCUT2D eigenvalue weighted by Gasteiger charge is 2.30. The smallest absolute Gasteiger partial charge is 0.449 e. The number of ether oxygens (including phenoxy) is 3. The second kappa shape index (κ2) is 12.4. The molecule has 33 heavy (non-hydrogen) atoms. The van der Waals surface area contributed by atoms with Crippen LogP contribution in [0.1, 0.15) is 38.3 Å². The van der Waals surface area contributed by atoms with Crippen LogP contribution in [0.4, 0.5) is 0 Å². The topological polar surface area (TPSA) is 114 Å². The maximum atomic E-state index is 11.9. The molecule has 0 radical (unpaired) electrons. The van der Waals surface area contributed by atoms with Crippen LogP contribution in [0.15, 0.2) is 60.7 Å². The van der Waals surface area contributed by atoms with Crippen LogP contribution in [-0.4, -0.2) is 35.6 Å². The number of carbonyl (C=O) groups excluding carboxylic acids is 4. The van der Waals surface area contributed by atoms with Gasteiger partial charge >= 0.3 is 23.9 Å². The zero-order valence-electron chi connectivity index (χ0n) is 18.6. The quantitative estimate of drug-likeness (QED) is 0.184. The Morgan fingerprint density at radius 1 is 0.727 bits per heavy atom. The summed E-state index contributed by atoms with van der Waals surface area (Å²) < 4.78 is 14.8. The summed E-state index contributed by atoms with van der Waals surface area (Å²) in [5, 5.41) is 0. The standard InChI is InChI=1S/C24H26O9/c1-17(31-22(27)20(25)29-15-18-10-6-4-7-11-18)14-24(2,3)33-32-23(28)21(26)30-16-19-12-8-5-9-13-19/h4-13,17H,14-16H2,1-3H3. The Balaban J connectivity index is 1.71. The van der Waals surface area contributed by atoms with E-state index in [-0.39, 0.29) is 19.6 Å². The van der Waals surface area contributed by atoms with E-state index < -0.39 is 35.6 Å². The molecule has 0 aliphatic rings. The van der Waals surface area contributed by atoms with Gasteiger partial charge < -0.3 is 14.2 Å². The molecule has 0 N–H and O–H groups in total. The number of hydrogen-bond donors (Lipinski definition) is 0. The van der Waals surface area contributed by atoms with Gasteiger partial charge in [0, 0.05) is 6.42 Å². The molecule has 0 saturated heterocycles. The molecule has 0 saturated carbocycles. The highest BCUT2D eigenvalue weighted by atomic mass is 17.2. The largest absolute Gasteiger partial charge is 0.454 e. The van der Waals surface area contributed by atoms with Gasteiger partial charge in [-0.25, -0.2) is 19.2 Å². The minimum atomic E-state index is -1.33. The molecule has 1 unspecified atom stereocenters. The molecule has 1 atom stereocenters. The predicted molar refractivity (Wildman–Crippen MR) is 114 cm³/mol. The van der Waals surface area contributed by atoms with Crippen molar-refractivity contribution in [3.63, 3.8) is 0 Å². The van der Waals surface area contributed by atoms with Crippen molar-refractivity contribution in [3.8, 4) is 0 Å². The van der Waals surface area contributed by atoms with Gasteiger partial charge in [0.25, 0.3) is 0 Å². The second-order valence-corrected chi connectivity index (χ2v) is 7.76. The Labute approximate surface area is 191 Å². The molecule has 0 heterocycles.